The molecule has 3 aromatic rings. The van der Waals surface area contributed by atoms with Crippen LogP contribution >= 0.6 is 11.6 Å². The van der Waals surface area contributed by atoms with Gasteiger partial charge in [-0.1, -0.05) is 23.7 Å². The first kappa shape index (κ1) is 17.0. The van der Waals surface area contributed by atoms with Gasteiger partial charge in [0.1, 0.15) is 0 Å². The van der Waals surface area contributed by atoms with Crippen LogP contribution in [0.4, 0.5) is 5.82 Å². The van der Waals surface area contributed by atoms with Crippen LogP contribution in [0.1, 0.15) is 18.1 Å². The Morgan fingerprint density at radius 2 is 2.04 bits per heavy atom. The lowest BCUT2D eigenvalue weighted by Gasteiger charge is -2.02. The van der Waals surface area contributed by atoms with Crippen LogP contribution in [0.5, 0.6) is 0 Å². The minimum absolute atomic E-state index is 0.235. The highest BCUT2D eigenvalue weighted by molar-refractivity contribution is 6.30. The molecule has 0 aliphatic heterocycles. The molecule has 0 aliphatic carbocycles. The van der Waals surface area contributed by atoms with Crippen molar-refractivity contribution in [1.29, 1.82) is 0 Å². The molecule has 0 atom stereocenters. The first-order chi connectivity index (χ1) is 12.1. The van der Waals surface area contributed by atoms with E-state index in [2.05, 4.69) is 15.5 Å². The Kier molecular flexibility index (Phi) is 5.30. The van der Waals surface area contributed by atoms with Gasteiger partial charge in [-0.25, -0.2) is 0 Å². The van der Waals surface area contributed by atoms with Crippen molar-refractivity contribution in [2.24, 2.45) is 0 Å². The lowest BCUT2D eigenvalue weighted by atomic mass is 10.2. The number of carbonyl (C=O) groups excluding carboxylic acids is 1. The quantitative estimate of drug-likeness (QED) is 0.689. The number of aryl methyl sites for hydroxylation is 1. The number of aromatic nitrogens is 4. The third-order valence-corrected chi connectivity index (χ3v) is 3.81. The standard InChI is InChI=1S/C18H18ClN5O/c1-2-23-13-15(11-20-23)5-8-18(25)21-17-9-10-24(22-17)12-14-3-6-16(19)7-4-14/h3-11,13H,2,12H2,1H3,(H,21,22,25)/b8-5+. The number of hydrogen-bond acceptors (Lipinski definition) is 3. The SMILES string of the molecule is CCn1cc(/C=C/C(=O)Nc2ccn(Cc3ccc(Cl)cc3)n2)cn1. The molecule has 0 bridgehead atoms. The van der Waals surface area contributed by atoms with Gasteiger partial charge >= 0.3 is 0 Å². The molecule has 0 saturated heterocycles. The average Bonchev–Trinajstić information content (AvgIpc) is 3.24. The van der Waals surface area contributed by atoms with E-state index in [-0.39, 0.29) is 5.91 Å². The monoisotopic (exact) mass is 355 g/mol. The van der Waals surface area contributed by atoms with Crippen molar-refractivity contribution in [2.45, 2.75) is 20.0 Å². The summed E-state index contributed by atoms with van der Waals surface area (Å²) in [5.41, 5.74) is 1.96. The highest BCUT2D eigenvalue weighted by atomic mass is 35.5. The summed E-state index contributed by atoms with van der Waals surface area (Å²) in [5.74, 6) is 0.272. The molecule has 1 aromatic carbocycles. The summed E-state index contributed by atoms with van der Waals surface area (Å²) in [6.07, 6.45) is 8.60. The maximum absolute atomic E-state index is 12.0. The van der Waals surface area contributed by atoms with Crippen LogP contribution in [0.15, 0.2) is 55.0 Å². The van der Waals surface area contributed by atoms with Gasteiger partial charge in [0.2, 0.25) is 5.91 Å². The van der Waals surface area contributed by atoms with Crippen molar-refractivity contribution in [3.63, 3.8) is 0 Å². The molecule has 0 unspecified atom stereocenters. The molecule has 1 amide bonds. The maximum Gasteiger partial charge on any atom is 0.249 e. The highest BCUT2D eigenvalue weighted by Crippen LogP contribution is 2.11. The number of benzene rings is 1. The Morgan fingerprint density at radius 1 is 1.24 bits per heavy atom. The smallest absolute Gasteiger partial charge is 0.249 e. The van der Waals surface area contributed by atoms with E-state index in [9.17, 15) is 4.79 Å². The third kappa shape index (κ3) is 4.81. The largest absolute Gasteiger partial charge is 0.306 e. The normalized spacial score (nSPS) is 11.1. The number of anilines is 1. The van der Waals surface area contributed by atoms with Crippen LogP contribution in [-0.2, 0) is 17.9 Å². The molecular formula is C18H18ClN5O. The Bertz CT molecular complexity index is 879. The molecule has 2 aromatic heterocycles. The first-order valence-electron chi connectivity index (χ1n) is 7.92. The summed E-state index contributed by atoms with van der Waals surface area (Å²) in [6, 6.07) is 9.34. The molecule has 25 heavy (non-hydrogen) atoms. The van der Waals surface area contributed by atoms with E-state index in [1.165, 1.54) is 6.08 Å². The second kappa shape index (κ2) is 7.81. The highest BCUT2D eigenvalue weighted by Gasteiger charge is 2.03. The minimum atomic E-state index is -0.235. The Hall–Kier alpha value is -2.86. The van der Waals surface area contributed by atoms with E-state index in [0.29, 0.717) is 17.4 Å². The van der Waals surface area contributed by atoms with Crippen LogP contribution in [0, 0.1) is 0 Å². The van der Waals surface area contributed by atoms with E-state index < -0.39 is 0 Å². The molecule has 128 valence electrons. The Labute approximate surface area is 150 Å². The predicted molar refractivity (Wildman–Crippen MR) is 98.3 cm³/mol. The van der Waals surface area contributed by atoms with Gasteiger partial charge < -0.3 is 5.32 Å². The fourth-order valence-corrected chi connectivity index (χ4v) is 2.40. The number of rotatable bonds is 6. The second-order valence-corrected chi connectivity index (χ2v) is 5.91. The van der Waals surface area contributed by atoms with Gasteiger partial charge in [-0.2, -0.15) is 10.2 Å². The summed E-state index contributed by atoms with van der Waals surface area (Å²) >= 11 is 5.88. The fraction of sp³-hybridized carbons (Fsp3) is 0.167. The van der Waals surface area contributed by atoms with Gasteiger partial charge in [-0.05, 0) is 30.7 Å². The van der Waals surface area contributed by atoms with Crippen LogP contribution < -0.4 is 5.32 Å². The molecular weight excluding hydrogens is 338 g/mol. The Balaban J connectivity index is 1.56. The number of halogens is 1. The van der Waals surface area contributed by atoms with E-state index in [1.54, 1.807) is 27.7 Å². The topological polar surface area (TPSA) is 64.7 Å². The Morgan fingerprint density at radius 3 is 2.76 bits per heavy atom. The number of carbonyl (C=O) groups is 1. The number of hydrogen-bond donors (Lipinski definition) is 1. The molecule has 7 heteroatoms. The van der Waals surface area contributed by atoms with Crippen molar-refractivity contribution >= 4 is 29.4 Å². The molecule has 0 spiro atoms. The molecule has 6 nitrogen and oxygen atoms in total. The van der Waals surface area contributed by atoms with Gasteiger partial charge in [0.25, 0.3) is 0 Å². The zero-order chi connectivity index (χ0) is 17.6. The number of nitrogens with one attached hydrogen (secondary N) is 1. The summed E-state index contributed by atoms with van der Waals surface area (Å²) < 4.78 is 3.56. The molecule has 1 N–H and O–H groups in total. The fourth-order valence-electron chi connectivity index (χ4n) is 2.27. The zero-order valence-electron chi connectivity index (χ0n) is 13.8. The predicted octanol–water partition coefficient (Wildman–Crippen LogP) is 3.45. The van der Waals surface area contributed by atoms with Crippen LogP contribution in [0.2, 0.25) is 5.02 Å². The van der Waals surface area contributed by atoms with Gasteiger partial charge in [0.05, 0.1) is 12.7 Å². The molecule has 0 radical (unpaired) electrons. The van der Waals surface area contributed by atoms with Crippen LogP contribution in [0.3, 0.4) is 0 Å². The molecule has 0 saturated carbocycles. The number of nitrogens with zero attached hydrogens (tertiary/aromatic N) is 4. The molecule has 2 heterocycles. The van der Waals surface area contributed by atoms with Gasteiger partial charge in [-0.15, -0.1) is 0 Å². The lowest BCUT2D eigenvalue weighted by Crippen LogP contribution is -2.09. The van der Waals surface area contributed by atoms with E-state index >= 15 is 0 Å². The van der Waals surface area contributed by atoms with Crippen LogP contribution in [-0.4, -0.2) is 25.5 Å². The third-order valence-electron chi connectivity index (χ3n) is 3.55. The summed E-state index contributed by atoms with van der Waals surface area (Å²) in [4.78, 5) is 12.0. The summed E-state index contributed by atoms with van der Waals surface area (Å²) in [5, 5.41) is 11.9. The van der Waals surface area contributed by atoms with Gasteiger partial charge in [-0.3, -0.25) is 14.2 Å². The van der Waals surface area contributed by atoms with Crippen molar-refractivity contribution in [1.82, 2.24) is 19.6 Å². The second-order valence-electron chi connectivity index (χ2n) is 5.48. The number of amides is 1. The maximum atomic E-state index is 12.0. The van der Waals surface area contributed by atoms with E-state index in [4.69, 9.17) is 11.6 Å². The van der Waals surface area contributed by atoms with Crippen LogP contribution in [0.25, 0.3) is 6.08 Å². The molecule has 3 rings (SSSR count). The van der Waals surface area contributed by atoms with Crippen molar-refractivity contribution in [3.05, 3.63) is 71.1 Å². The van der Waals surface area contributed by atoms with Gasteiger partial charge in [0.15, 0.2) is 5.82 Å². The van der Waals surface area contributed by atoms with Crippen molar-refractivity contribution in [2.75, 3.05) is 5.32 Å². The minimum Gasteiger partial charge on any atom is -0.306 e. The average molecular weight is 356 g/mol. The van der Waals surface area contributed by atoms with E-state index in [0.717, 1.165) is 17.7 Å². The van der Waals surface area contributed by atoms with Crippen molar-refractivity contribution in [3.8, 4) is 0 Å². The van der Waals surface area contributed by atoms with Crippen molar-refractivity contribution < 1.29 is 4.79 Å². The zero-order valence-corrected chi connectivity index (χ0v) is 14.5. The first-order valence-corrected chi connectivity index (χ1v) is 8.29. The van der Waals surface area contributed by atoms with Gasteiger partial charge in [0, 0.05) is 41.7 Å². The summed E-state index contributed by atoms with van der Waals surface area (Å²) in [7, 11) is 0. The molecule has 0 fully saturated rings. The lowest BCUT2D eigenvalue weighted by molar-refractivity contribution is -0.111. The summed E-state index contributed by atoms with van der Waals surface area (Å²) in [6.45, 7) is 3.41. The molecule has 0 aliphatic rings. The van der Waals surface area contributed by atoms with E-state index in [1.807, 2.05) is 43.6 Å².